The van der Waals surface area contributed by atoms with Crippen molar-refractivity contribution in [3.05, 3.63) is 69.8 Å². The number of aromatic nitrogens is 2. The third-order valence-electron chi connectivity index (χ3n) is 5.07. The van der Waals surface area contributed by atoms with Gasteiger partial charge < -0.3 is 5.32 Å². The number of para-hydroxylation sites is 1. The van der Waals surface area contributed by atoms with Crippen molar-refractivity contribution in [1.82, 2.24) is 15.1 Å². The highest BCUT2D eigenvalue weighted by Crippen LogP contribution is 2.38. The van der Waals surface area contributed by atoms with Crippen LogP contribution in [0.1, 0.15) is 30.0 Å². The summed E-state index contributed by atoms with van der Waals surface area (Å²) in [5, 5.41) is 9.76. The molecule has 26 heavy (non-hydrogen) atoms. The fraction of sp³-hybridized carbons (Fsp3) is 0.286. The first-order valence-electron chi connectivity index (χ1n) is 8.96. The predicted molar refractivity (Wildman–Crippen MR) is 109 cm³/mol. The van der Waals surface area contributed by atoms with Gasteiger partial charge in [0, 0.05) is 16.5 Å². The zero-order valence-corrected chi connectivity index (χ0v) is 16.2. The highest BCUT2D eigenvalue weighted by Gasteiger charge is 2.25. The third-order valence-corrected chi connectivity index (χ3v) is 5.62. The molecule has 1 saturated heterocycles. The molecule has 0 radical (unpaired) electrons. The molecular weight excluding hydrogens is 365 g/mol. The number of hydrogen-bond acceptors (Lipinski definition) is 2. The molecule has 0 atom stereocenters. The predicted octanol–water partition coefficient (Wildman–Crippen LogP) is 5.62. The van der Waals surface area contributed by atoms with Gasteiger partial charge in [0.25, 0.3) is 0 Å². The summed E-state index contributed by atoms with van der Waals surface area (Å²) in [6.07, 6.45) is 2.22. The van der Waals surface area contributed by atoms with E-state index in [1.807, 2.05) is 35.0 Å². The number of halogens is 2. The Morgan fingerprint density at radius 1 is 1.04 bits per heavy atom. The van der Waals surface area contributed by atoms with E-state index >= 15 is 0 Å². The Labute approximate surface area is 163 Å². The highest BCUT2D eigenvalue weighted by molar-refractivity contribution is 6.36. The normalized spacial score (nSPS) is 15.3. The van der Waals surface area contributed by atoms with E-state index in [2.05, 4.69) is 24.4 Å². The lowest BCUT2D eigenvalue weighted by molar-refractivity contribution is 0.450. The third kappa shape index (κ3) is 3.27. The molecule has 134 valence electrons. The maximum absolute atomic E-state index is 6.55. The molecule has 0 unspecified atom stereocenters. The Morgan fingerprint density at radius 3 is 2.46 bits per heavy atom. The molecule has 5 heteroatoms. The summed E-state index contributed by atoms with van der Waals surface area (Å²) in [6.45, 7) is 4.24. The quantitative estimate of drug-likeness (QED) is 0.633. The van der Waals surface area contributed by atoms with E-state index in [1.165, 1.54) is 11.3 Å². The molecule has 3 aromatic rings. The average Bonchev–Trinajstić information content (AvgIpc) is 3.00. The van der Waals surface area contributed by atoms with Gasteiger partial charge in [-0.1, -0.05) is 41.4 Å². The first-order chi connectivity index (χ1) is 12.6. The van der Waals surface area contributed by atoms with E-state index < -0.39 is 0 Å². The number of piperidine rings is 1. The standard InChI is InChI=1S/C21H21Cl2N3/c1-14-20(15-9-11-24-12-10-15)25-26(17-5-3-2-4-6-17)21(14)18-8-7-16(22)13-19(18)23/h2-8,13,15,24H,9-12H2,1H3. The summed E-state index contributed by atoms with van der Waals surface area (Å²) in [7, 11) is 0. The van der Waals surface area contributed by atoms with Gasteiger partial charge in [0.1, 0.15) is 0 Å². The first-order valence-corrected chi connectivity index (χ1v) is 9.72. The van der Waals surface area contributed by atoms with Crippen LogP contribution in [0.25, 0.3) is 16.9 Å². The monoisotopic (exact) mass is 385 g/mol. The summed E-state index contributed by atoms with van der Waals surface area (Å²) >= 11 is 12.7. The van der Waals surface area contributed by atoms with Gasteiger partial charge in [-0.2, -0.15) is 5.10 Å². The fourth-order valence-corrected chi connectivity index (χ4v) is 4.25. The minimum atomic E-state index is 0.478. The van der Waals surface area contributed by atoms with Crippen LogP contribution in [-0.2, 0) is 0 Å². The summed E-state index contributed by atoms with van der Waals surface area (Å²) in [5.41, 5.74) is 5.43. The van der Waals surface area contributed by atoms with E-state index in [0.29, 0.717) is 16.0 Å². The Morgan fingerprint density at radius 2 is 1.77 bits per heavy atom. The Bertz CT molecular complexity index is 913. The first kappa shape index (κ1) is 17.6. The van der Waals surface area contributed by atoms with Gasteiger partial charge in [-0.15, -0.1) is 0 Å². The van der Waals surface area contributed by atoms with E-state index in [9.17, 15) is 0 Å². The van der Waals surface area contributed by atoms with Crippen LogP contribution in [-0.4, -0.2) is 22.9 Å². The summed E-state index contributed by atoms with van der Waals surface area (Å²) < 4.78 is 2.03. The van der Waals surface area contributed by atoms with Crippen molar-refractivity contribution in [2.75, 3.05) is 13.1 Å². The molecule has 1 aromatic heterocycles. The summed E-state index contributed by atoms with van der Waals surface area (Å²) in [4.78, 5) is 0. The molecule has 3 nitrogen and oxygen atoms in total. The number of nitrogens with zero attached hydrogens (tertiary/aromatic N) is 2. The number of benzene rings is 2. The van der Waals surface area contributed by atoms with Crippen molar-refractivity contribution in [2.24, 2.45) is 0 Å². The molecule has 1 aliphatic rings. The van der Waals surface area contributed by atoms with Crippen molar-refractivity contribution in [2.45, 2.75) is 25.7 Å². The molecule has 0 amide bonds. The molecule has 1 N–H and O–H groups in total. The largest absolute Gasteiger partial charge is 0.317 e. The molecule has 0 saturated carbocycles. The SMILES string of the molecule is Cc1c(C2CCNCC2)nn(-c2ccccc2)c1-c1ccc(Cl)cc1Cl. The smallest absolute Gasteiger partial charge is 0.0788 e. The Kier molecular flexibility index (Phi) is 5.03. The lowest BCUT2D eigenvalue weighted by Crippen LogP contribution is -2.27. The van der Waals surface area contributed by atoms with Crippen LogP contribution in [0.3, 0.4) is 0 Å². The highest BCUT2D eigenvalue weighted by atomic mass is 35.5. The summed E-state index contributed by atoms with van der Waals surface area (Å²) in [6, 6.07) is 15.9. The summed E-state index contributed by atoms with van der Waals surface area (Å²) in [5.74, 6) is 0.478. The van der Waals surface area contributed by atoms with Gasteiger partial charge in [-0.05, 0) is 68.8 Å². The molecule has 1 fully saturated rings. The van der Waals surface area contributed by atoms with Crippen LogP contribution < -0.4 is 5.32 Å². The second-order valence-electron chi connectivity index (χ2n) is 6.75. The molecule has 0 bridgehead atoms. The minimum Gasteiger partial charge on any atom is -0.317 e. The van der Waals surface area contributed by atoms with Gasteiger partial charge in [0.2, 0.25) is 0 Å². The van der Waals surface area contributed by atoms with Crippen LogP contribution in [0.5, 0.6) is 0 Å². The van der Waals surface area contributed by atoms with Crippen molar-refractivity contribution in [3.8, 4) is 16.9 Å². The Hall–Kier alpha value is -1.81. The minimum absolute atomic E-state index is 0.478. The molecule has 2 heterocycles. The van der Waals surface area contributed by atoms with Gasteiger partial charge >= 0.3 is 0 Å². The van der Waals surface area contributed by atoms with E-state index in [1.54, 1.807) is 6.07 Å². The lowest BCUT2D eigenvalue weighted by Gasteiger charge is -2.21. The topological polar surface area (TPSA) is 29.9 Å². The van der Waals surface area contributed by atoms with E-state index in [4.69, 9.17) is 28.3 Å². The van der Waals surface area contributed by atoms with Crippen molar-refractivity contribution < 1.29 is 0 Å². The molecule has 2 aromatic carbocycles. The fourth-order valence-electron chi connectivity index (χ4n) is 3.75. The van der Waals surface area contributed by atoms with E-state index in [0.717, 1.165) is 42.9 Å². The number of rotatable bonds is 3. The van der Waals surface area contributed by atoms with Crippen LogP contribution in [0, 0.1) is 6.92 Å². The van der Waals surface area contributed by atoms with Gasteiger partial charge in [-0.25, -0.2) is 4.68 Å². The van der Waals surface area contributed by atoms with Crippen LogP contribution in [0.2, 0.25) is 10.0 Å². The van der Waals surface area contributed by atoms with Crippen molar-refractivity contribution in [1.29, 1.82) is 0 Å². The molecule has 1 aliphatic heterocycles. The zero-order valence-electron chi connectivity index (χ0n) is 14.7. The number of hydrogen-bond donors (Lipinski definition) is 1. The second kappa shape index (κ2) is 7.43. The van der Waals surface area contributed by atoms with E-state index in [-0.39, 0.29) is 0 Å². The van der Waals surface area contributed by atoms with Crippen molar-refractivity contribution >= 4 is 23.2 Å². The number of nitrogens with one attached hydrogen (secondary N) is 1. The molecule has 4 rings (SSSR count). The maximum atomic E-state index is 6.55. The van der Waals surface area contributed by atoms with Crippen LogP contribution >= 0.6 is 23.2 Å². The van der Waals surface area contributed by atoms with Gasteiger partial charge in [-0.3, -0.25) is 0 Å². The van der Waals surface area contributed by atoms with Crippen molar-refractivity contribution in [3.63, 3.8) is 0 Å². The molecule has 0 spiro atoms. The molecule has 0 aliphatic carbocycles. The van der Waals surface area contributed by atoms with Gasteiger partial charge in [0.15, 0.2) is 0 Å². The lowest BCUT2D eigenvalue weighted by atomic mass is 9.91. The molecular formula is C21H21Cl2N3. The van der Waals surface area contributed by atoms with Gasteiger partial charge in [0.05, 0.1) is 22.1 Å². The Balaban J connectivity index is 1.91. The van der Waals surface area contributed by atoms with Crippen LogP contribution in [0.15, 0.2) is 48.5 Å². The van der Waals surface area contributed by atoms with Crippen LogP contribution in [0.4, 0.5) is 0 Å². The second-order valence-corrected chi connectivity index (χ2v) is 7.60. The maximum Gasteiger partial charge on any atom is 0.0788 e. The average molecular weight is 386 g/mol. The zero-order chi connectivity index (χ0) is 18.1.